The highest BCUT2D eigenvalue weighted by Crippen LogP contribution is 2.05. The third-order valence-electron chi connectivity index (χ3n) is 3.66. The lowest BCUT2D eigenvalue weighted by molar-refractivity contribution is -0.126. The smallest absolute Gasteiger partial charge is 0.239 e. The van der Waals surface area contributed by atoms with Gasteiger partial charge in [-0.3, -0.25) is 9.59 Å². The Bertz CT molecular complexity index is 481. The van der Waals surface area contributed by atoms with Crippen molar-refractivity contribution in [1.82, 2.24) is 16.0 Å². The van der Waals surface area contributed by atoms with Gasteiger partial charge in [0.2, 0.25) is 11.8 Å². The summed E-state index contributed by atoms with van der Waals surface area (Å²) in [5, 5.41) is 8.63. The fourth-order valence-electron chi connectivity index (χ4n) is 2.09. The first-order valence-electron chi connectivity index (χ1n) is 7.43. The number of nitrogens with one attached hydrogen (secondary N) is 3. The van der Waals surface area contributed by atoms with E-state index < -0.39 is 0 Å². The lowest BCUT2D eigenvalue weighted by Gasteiger charge is -2.27. The molecule has 21 heavy (non-hydrogen) atoms. The van der Waals surface area contributed by atoms with Crippen molar-refractivity contribution in [2.75, 3.05) is 26.2 Å². The second-order valence-electron chi connectivity index (χ2n) is 5.59. The number of hydrogen-bond acceptors (Lipinski definition) is 3. The summed E-state index contributed by atoms with van der Waals surface area (Å²) >= 11 is 0. The Hall–Kier alpha value is -1.88. The van der Waals surface area contributed by atoms with Gasteiger partial charge >= 0.3 is 0 Å². The van der Waals surface area contributed by atoms with Crippen molar-refractivity contribution in [3.63, 3.8) is 0 Å². The first-order valence-corrected chi connectivity index (χ1v) is 7.43. The lowest BCUT2D eigenvalue weighted by Crippen LogP contribution is -2.49. The molecule has 0 aromatic heterocycles. The van der Waals surface area contributed by atoms with E-state index in [0.717, 1.165) is 18.7 Å². The topological polar surface area (TPSA) is 70.2 Å². The van der Waals surface area contributed by atoms with Crippen LogP contribution in [0.15, 0.2) is 24.3 Å². The Labute approximate surface area is 125 Å². The average Bonchev–Trinajstić information content (AvgIpc) is 2.43. The van der Waals surface area contributed by atoms with E-state index in [1.807, 2.05) is 31.2 Å². The molecule has 1 saturated heterocycles. The number of carbonyl (C=O) groups is 2. The lowest BCUT2D eigenvalue weighted by atomic mass is 10.0. The maximum Gasteiger partial charge on any atom is 0.239 e. The highest BCUT2D eigenvalue weighted by molar-refractivity contribution is 5.84. The van der Waals surface area contributed by atoms with Crippen molar-refractivity contribution in [2.45, 2.75) is 19.8 Å². The molecule has 1 aliphatic heterocycles. The van der Waals surface area contributed by atoms with E-state index in [4.69, 9.17) is 0 Å². The Balaban J connectivity index is 1.58. The number of benzene rings is 1. The van der Waals surface area contributed by atoms with E-state index in [1.165, 1.54) is 5.56 Å². The van der Waals surface area contributed by atoms with Crippen molar-refractivity contribution in [3.8, 4) is 0 Å². The van der Waals surface area contributed by atoms with Gasteiger partial charge in [-0.05, 0) is 18.9 Å². The largest absolute Gasteiger partial charge is 0.354 e. The molecule has 0 radical (unpaired) electrons. The zero-order valence-corrected chi connectivity index (χ0v) is 12.4. The quantitative estimate of drug-likeness (QED) is 0.679. The fraction of sp³-hybridized carbons (Fsp3) is 0.500. The predicted molar refractivity (Wildman–Crippen MR) is 81.9 cm³/mol. The van der Waals surface area contributed by atoms with Gasteiger partial charge in [-0.25, -0.2) is 0 Å². The van der Waals surface area contributed by atoms with Gasteiger partial charge in [0.05, 0.1) is 6.54 Å². The highest BCUT2D eigenvalue weighted by atomic mass is 16.2. The summed E-state index contributed by atoms with van der Waals surface area (Å²) in [7, 11) is 0. The molecular weight excluding hydrogens is 266 g/mol. The van der Waals surface area contributed by atoms with Crippen LogP contribution in [0.2, 0.25) is 0 Å². The SMILES string of the molecule is Cc1ccc(CCC(=O)NCC(=O)NCC2CNC2)cc1. The molecule has 1 aromatic rings. The summed E-state index contributed by atoms with van der Waals surface area (Å²) < 4.78 is 0. The van der Waals surface area contributed by atoms with E-state index in [1.54, 1.807) is 0 Å². The van der Waals surface area contributed by atoms with Crippen molar-refractivity contribution in [1.29, 1.82) is 0 Å². The number of carbonyl (C=O) groups excluding carboxylic acids is 2. The molecule has 2 rings (SSSR count). The maximum absolute atomic E-state index is 11.7. The molecule has 5 heteroatoms. The van der Waals surface area contributed by atoms with Gasteiger partial charge in [0.1, 0.15) is 0 Å². The van der Waals surface area contributed by atoms with Gasteiger partial charge in [-0.2, -0.15) is 0 Å². The normalized spacial score (nSPS) is 14.3. The summed E-state index contributed by atoms with van der Waals surface area (Å²) in [5.74, 6) is 0.327. The second-order valence-corrected chi connectivity index (χ2v) is 5.59. The van der Waals surface area contributed by atoms with Crippen LogP contribution in [0, 0.1) is 12.8 Å². The number of hydrogen-bond donors (Lipinski definition) is 3. The molecule has 0 spiro atoms. The molecule has 1 heterocycles. The summed E-state index contributed by atoms with van der Waals surface area (Å²) in [6.07, 6.45) is 1.10. The molecule has 0 bridgehead atoms. The van der Waals surface area contributed by atoms with Crippen LogP contribution in [-0.4, -0.2) is 38.0 Å². The summed E-state index contributed by atoms with van der Waals surface area (Å²) in [5.41, 5.74) is 2.35. The van der Waals surface area contributed by atoms with Crippen molar-refractivity contribution >= 4 is 11.8 Å². The van der Waals surface area contributed by atoms with E-state index >= 15 is 0 Å². The molecule has 2 amide bonds. The predicted octanol–water partition coefficient (Wildman–Crippen LogP) is 0.379. The Morgan fingerprint density at radius 2 is 1.86 bits per heavy atom. The number of rotatable bonds is 7. The van der Waals surface area contributed by atoms with Gasteiger partial charge in [-0.15, -0.1) is 0 Å². The van der Waals surface area contributed by atoms with E-state index in [2.05, 4.69) is 16.0 Å². The average molecular weight is 289 g/mol. The van der Waals surface area contributed by atoms with Crippen molar-refractivity contribution in [2.24, 2.45) is 5.92 Å². The van der Waals surface area contributed by atoms with Crippen LogP contribution in [0.25, 0.3) is 0 Å². The fourth-order valence-corrected chi connectivity index (χ4v) is 2.09. The zero-order chi connectivity index (χ0) is 15.1. The van der Waals surface area contributed by atoms with Gasteiger partial charge in [-0.1, -0.05) is 29.8 Å². The standard InChI is InChI=1S/C16H23N3O2/c1-12-2-4-13(5-3-12)6-7-15(20)19-11-16(21)18-10-14-8-17-9-14/h2-5,14,17H,6-11H2,1H3,(H,18,21)(H,19,20). The minimum Gasteiger partial charge on any atom is -0.354 e. The highest BCUT2D eigenvalue weighted by Gasteiger charge is 2.17. The van der Waals surface area contributed by atoms with Gasteiger partial charge in [0.25, 0.3) is 0 Å². The molecule has 1 fully saturated rings. The molecular formula is C16H23N3O2. The third kappa shape index (κ3) is 5.55. The van der Waals surface area contributed by atoms with Crippen LogP contribution in [0.4, 0.5) is 0 Å². The Morgan fingerprint density at radius 3 is 2.48 bits per heavy atom. The molecule has 3 N–H and O–H groups in total. The maximum atomic E-state index is 11.7. The molecule has 5 nitrogen and oxygen atoms in total. The monoisotopic (exact) mass is 289 g/mol. The summed E-state index contributed by atoms with van der Waals surface area (Å²) in [4.78, 5) is 23.2. The summed E-state index contributed by atoms with van der Waals surface area (Å²) in [6, 6.07) is 8.13. The first-order chi connectivity index (χ1) is 10.1. The Kier molecular flexibility index (Phi) is 5.75. The zero-order valence-electron chi connectivity index (χ0n) is 12.4. The van der Waals surface area contributed by atoms with Crippen LogP contribution in [-0.2, 0) is 16.0 Å². The van der Waals surface area contributed by atoms with E-state index in [-0.39, 0.29) is 18.4 Å². The molecule has 1 aliphatic rings. The molecule has 114 valence electrons. The van der Waals surface area contributed by atoms with E-state index in [0.29, 0.717) is 25.3 Å². The van der Waals surface area contributed by atoms with Crippen molar-refractivity contribution < 1.29 is 9.59 Å². The van der Waals surface area contributed by atoms with Gasteiger partial charge in [0, 0.05) is 32.0 Å². The second kappa shape index (κ2) is 7.78. The van der Waals surface area contributed by atoms with E-state index in [9.17, 15) is 9.59 Å². The Morgan fingerprint density at radius 1 is 1.14 bits per heavy atom. The molecule has 1 aromatic carbocycles. The molecule has 0 atom stereocenters. The van der Waals surface area contributed by atoms with Crippen LogP contribution in [0.3, 0.4) is 0 Å². The van der Waals surface area contributed by atoms with Crippen LogP contribution in [0.1, 0.15) is 17.5 Å². The molecule has 0 aliphatic carbocycles. The molecule has 0 saturated carbocycles. The third-order valence-corrected chi connectivity index (χ3v) is 3.66. The summed E-state index contributed by atoms with van der Waals surface area (Å²) in [6.45, 7) is 4.71. The van der Waals surface area contributed by atoms with Crippen LogP contribution in [0.5, 0.6) is 0 Å². The van der Waals surface area contributed by atoms with Crippen molar-refractivity contribution in [3.05, 3.63) is 35.4 Å². The minimum atomic E-state index is -0.120. The number of amides is 2. The van der Waals surface area contributed by atoms with Crippen LogP contribution >= 0.6 is 0 Å². The molecule has 0 unspecified atom stereocenters. The van der Waals surface area contributed by atoms with Gasteiger partial charge < -0.3 is 16.0 Å². The minimum absolute atomic E-state index is 0.0624. The number of aryl methyl sites for hydroxylation is 2. The van der Waals surface area contributed by atoms with Gasteiger partial charge in [0.15, 0.2) is 0 Å². The van der Waals surface area contributed by atoms with Crippen LogP contribution < -0.4 is 16.0 Å². The first kappa shape index (κ1) is 15.5.